The minimum Gasteiger partial charge on any atom is -0.428 e. The van der Waals surface area contributed by atoms with E-state index in [4.69, 9.17) is 19.2 Å². The van der Waals surface area contributed by atoms with E-state index < -0.39 is 0 Å². The lowest BCUT2D eigenvalue weighted by atomic mass is 10.0. The number of Topliss-reactive ketones (excluding diaryl/α,β-unsaturated/α-hetero) is 3. The largest absolute Gasteiger partial charge is 0.428 e. The molecule has 0 N–H and O–H groups in total. The number of carbonyl (C=O) groups is 6. The molecular weight excluding hydrogens is 763 g/mol. The molecule has 0 bridgehead atoms. The predicted octanol–water partition coefficient (Wildman–Crippen LogP) is 8.83. The highest BCUT2D eigenvalue weighted by atomic mass is 16.5. The Kier molecular flexibility index (Phi) is 13.3. The number of nitrogens with zero attached hydrogens (tertiary/aromatic N) is 3. The van der Waals surface area contributed by atoms with Gasteiger partial charge in [0, 0.05) is 45.8 Å². The molecule has 0 radical (unpaired) electrons. The number of carbonyl (C=O) groups excluding carboxylic acids is 6. The summed E-state index contributed by atoms with van der Waals surface area (Å²) in [5, 5.41) is 0. The summed E-state index contributed by atoms with van der Waals surface area (Å²) >= 11 is 0. The first-order valence-electron chi connectivity index (χ1n) is 18.3. The monoisotopic (exact) mass is 797 g/mol. The van der Waals surface area contributed by atoms with Crippen LogP contribution in [-0.4, -0.2) is 51.7 Å². The quantitative estimate of drug-likeness (QED) is 0.0373. The van der Waals surface area contributed by atoms with Crippen LogP contribution in [0.2, 0.25) is 0 Å². The Bertz CT molecular complexity index is 2610. The van der Waals surface area contributed by atoms with Crippen LogP contribution < -0.4 is 0 Å². The van der Waals surface area contributed by atoms with Crippen LogP contribution in [-0.2, 0) is 28.6 Å². The topological polar surface area (TPSA) is 169 Å². The van der Waals surface area contributed by atoms with Crippen LogP contribution in [0, 0.1) is 0 Å². The van der Waals surface area contributed by atoms with Crippen molar-refractivity contribution >= 4 is 72.3 Å². The maximum atomic E-state index is 12.2. The number of hydrogen-bond donors (Lipinski definition) is 0. The zero-order valence-electron chi connectivity index (χ0n) is 32.5. The molecule has 0 aliphatic heterocycles. The molecule has 6 rings (SSSR count). The molecule has 0 saturated carbocycles. The zero-order valence-corrected chi connectivity index (χ0v) is 32.5. The number of rotatable bonds is 17. The van der Waals surface area contributed by atoms with Crippen LogP contribution in [0.1, 0.15) is 85.2 Å². The van der Waals surface area contributed by atoms with E-state index in [2.05, 4.69) is 9.97 Å². The minimum atomic E-state index is -0.169. The first kappa shape index (κ1) is 41.4. The summed E-state index contributed by atoms with van der Waals surface area (Å²) < 4.78 is 16.1. The van der Waals surface area contributed by atoms with Gasteiger partial charge in [-0.15, -0.1) is 0 Å². The Hall–Kier alpha value is -8.25. The van der Waals surface area contributed by atoms with Gasteiger partial charge >= 0.3 is 0 Å². The summed E-state index contributed by atoms with van der Waals surface area (Å²) in [6.45, 7) is 5.22. The van der Waals surface area contributed by atoms with E-state index >= 15 is 0 Å². The number of pyridine rings is 3. The molecule has 0 fully saturated rings. The van der Waals surface area contributed by atoms with Gasteiger partial charge in [-0.05, 0) is 110 Å². The second-order valence-electron chi connectivity index (χ2n) is 13.2. The standard InChI is InChI=1S/C48H35N3O9/c1-30(55)36-7-4-10-39(24-36)46(58-27-52)21-33-13-15-49-42(17-33)44-19-35(23-48(60-29-54)41-12-6-9-38(26-41)32(3)57)20-45(51-44)43-18-34(14-16-50-43)22-47(59-28-53)40-11-5-8-37(25-40)31(2)56/h4-29H,1-3H3/b46-21+,47-22+,48-23+. The van der Waals surface area contributed by atoms with Crippen LogP contribution in [0.4, 0.5) is 0 Å². The highest BCUT2D eigenvalue weighted by Crippen LogP contribution is 2.30. The molecule has 6 aromatic rings. The Morgan fingerprint density at radius 1 is 0.417 bits per heavy atom. The third-order valence-corrected chi connectivity index (χ3v) is 9.02. The lowest BCUT2D eigenvalue weighted by Crippen LogP contribution is -1.98. The van der Waals surface area contributed by atoms with Gasteiger partial charge in [-0.1, -0.05) is 54.6 Å². The van der Waals surface area contributed by atoms with Crippen LogP contribution in [0.15, 0.2) is 122 Å². The van der Waals surface area contributed by atoms with Gasteiger partial charge in [0.2, 0.25) is 0 Å². The summed E-state index contributed by atoms with van der Waals surface area (Å²) in [5.74, 6) is 0.0679. The molecule has 0 spiro atoms. The van der Waals surface area contributed by atoms with Crippen molar-refractivity contribution in [3.05, 3.63) is 172 Å². The second kappa shape index (κ2) is 19.3. The van der Waals surface area contributed by atoms with Gasteiger partial charge in [-0.2, -0.15) is 0 Å². The fourth-order valence-corrected chi connectivity index (χ4v) is 6.09. The lowest BCUT2D eigenvalue weighted by Gasteiger charge is -2.11. The van der Waals surface area contributed by atoms with E-state index in [0.717, 1.165) is 0 Å². The van der Waals surface area contributed by atoms with Gasteiger partial charge in [-0.25, -0.2) is 4.98 Å². The molecule has 0 amide bonds. The van der Waals surface area contributed by atoms with Crippen LogP contribution in [0.5, 0.6) is 0 Å². The van der Waals surface area contributed by atoms with Crippen molar-refractivity contribution in [2.45, 2.75) is 20.8 Å². The molecular formula is C48H35N3O9. The lowest BCUT2D eigenvalue weighted by molar-refractivity contribution is -0.123. The van der Waals surface area contributed by atoms with Crippen LogP contribution in [0.25, 0.3) is 58.3 Å². The maximum Gasteiger partial charge on any atom is 0.298 e. The van der Waals surface area contributed by atoms with Crippen molar-refractivity contribution in [1.29, 1.82) is 0 Å². The van der Waals surface area contributed by atoms with E-state index in [1.165, 1.54) is 20.8 Å². The molecule has 0 aliphatic carbocycles. The number of hydrogen-bond acceptors (Lipinski definition) is 12. The zero-order chi connectivity index (χ0) is 42.6. The highest BCUT2D eigenvalue weighted by Gasteiger charge is 2.15. The fraction of sp³-hybridized carbons (Fsp3) is 0.0625. The first-order chi connectivity index (χ1) is 29.0. The average Bonchev–Trinajstić information content (AvgIpc) is 3.26. The molecule has 0 unspecified atom stereocenters. The Morgan fingerprint density at radius 3 is 1.07 bits per heavy atom. The SMILES string of the molecule is CC(=O)c1cccc(/C(=C\c2ccnc(-c3cc(/C=C(/OC=O)c4cccc(C(C)=O)c4)cc(-c4cc(/C=C(/OC=O)c5cccc(C(C)=O)c5)ccn4)n3)c2)OC=O)c1. The van der Waals surface area contributed by atoms with Crippen molar-refractivity contribution in [2.75, 3.05) is 0 Å². The first-order valence-corrected chi connectivity index (χ1v) is 18.3. The molecule has 3 aromatic carbocycles. The normalized spacial score (nSPS) is 11.6. The molecule has 12 nitrogen and oxygen atoms in total. The van der Waals surface area contributed by atoms with Crippen molar-refractivity contribution in [2.24, 2.45) is 0 Å². The molecule has 0 aliphatic rings. The Morgan fingerprint density at radius 2 is 0.733 bits per heavy atom. The molecule has 0 atom stereocenters. The number of ether oxygens (including phenoxy) is 3. The van der Waals surface area contributed by atoms with Gasteiger partial charge in [0.25, 0.3) is 19.4 Å². The maximum absolute atomic E-state index is 12.2. The summed E-state index contributed by atoms with van der Waals surface area (Å²) in [6.07, 6.45) is 7.99. The molecule has 60 heavy (non-hydrogen) atoms. The number of ketones is 3. The van der Waals surface area contributed by atoms with E-state index in [0.29, 0.717) is 92.3 Å². The highest BCUT2D eigenvalue weighted by molar-refractivity contribution is 5.97. The minimum absolute atomic E-state index is 0.150. The molecule has 296 valence electrons. The summed E-state index contributed by atoms with van der Waals surface area (Å²) in [6, 6.07) is 30.4. The fourth-order valence-electron chi connectivity index (χ4n) is 6.09. The third-order valence-electron chi connectivity index (χ3n) is 9.02. The van der Waals surface area contributed by atoms with Crippen molar-refractivity contribution in [1.82, 2.24) is 15.0 Å². The Labute approximate surface area is 344 Å². The van der Waals surface area contributed by atoms with E-state index in [9.17, 15) is 28.8 Å². The average molecular weight is 798 g/mol. The number of benzene rings is 3. The predicted molar refractivity (Wildman–Crippen MR) is 225 cm³/mol. The van der Waals surface area contributed by atoms with Crippen molar-refractivity contribution < 1.29 is 43.0 Å². The summed E-state index contributed by atoms with van der Waals surface area (Å²) in [4.78, 5) is 85.3. The molecule has 3 heterocycles. The van der Waals surface area contributed by atoms with Crippen molar-refractivity contribution in [3.8, 4) is 22.8 Å². The van der Waals surface area contributed by atoms with Crippen LogP contribution in [0.3, 0.4) is 0 Å². The van der Waals surface area contributed by atoms with Crippen molar-refractivity contribution in [3.63, 3.8) is 0 Å². The van der Waals surface area contributed by atoms with E-state index in [1.54, 1.807) is 140 Å². The molecule has 3 aromatic heterocycles. The summed E-state index contributed by atoms with van der Waals surface area (Å²) in [5.41, 5.74) is 6.04. The summed E-state index contributed by atoms with van der Waals surface area (Å²) in [7, 11) is 0. The Balaban J connectivity index is 1.50. The molecule has 12 heteroatoms. The second-order valence-corrected chi connectivity index (χ2v) is 13.2. The van der Waals surface area contributed by atoms with E-state index in [1.807, 2.05) is 0 Å². The van der Waals surface area contributed by atoms with Gasteiger partial charge < -0.3 is 14.2 Å². The van der Waals surface area contributed by atoms with Gasteiger partial charge in [0.1, 0.15) is 17.3 Å². The smallest absolute Gasteiger partial charge is 0.298 e. The molecule has 0 saturated heterocycles. The van der Waals surface area contributed by atoms with Gasteiger partial charge in [-0.3, -0.25) is 38.7 Å². The van der Waals surface area contributed by atoms with Gasteiger partial charge in [0.15, 0.2) is 17.3 Å². The number of aromatic nitrogens is 3. The van der Waals surface area contributed by atoms with Gasteiger partial charge in [0.05, 0.1) is 22.8 Å². The van der Waals surface area contributed by atoms with Crippen LogP contribution >= 0.6 is 0 Å². The third kappa shape index (κ3) is 10.4. The van der Waals surface area contributed by atoms with E-state index in [-0.39, 0.29) is 34.6 Å².